The van der Waals surface area contributed by atoms with Crippen LogP contribution in [-0.4, -0.2) is 42.5 Å². The summed E-state index contributed by atoms with van der Waals surface area (Å²) in [4.78, 5) is 2.52. The number of halogens is 1. The maximum absolute atomic E-state index is 13.4. The Hall–Kier alpha value is -2.54. The highest BCUT2D eigenvalue weighted by Crippen LogP contribution is 2.21. The number of benzene rings is 1. The standard InChI is InChI=1S/C23H31FN6/c1-3-29-17-20(18(2)27-29)16-28-13-6-4-5-7-14-30-22(12-15-28)25-26-23(30)19-8-10-21(24)11-9-19/h8-11,17H,3-7,12-16H2,1-2H3. The fourth-order valence-electron chi connectivity index (χ4n) is 4.17. The van der Waals surface area contributed by atoms with Crippen LogP contribution < -0.4 is 0 Å². The molecule has 0 bridgehead atoms. The van der Waals surface area contributed by atoms with E-state index in [-0.39, 0.29) is 5.82 Å². The Balaban J connectivity index is 1.54. The largest absolute Gasteiger partial charge is 0.311 e. The van der Waals surface area contributed by atoms with E-state index in [1.807, 2.05) is 4.68 Å². The van der Waals surface area contributed by atoms with Crippen LogP contribution >= 0.6 is 0 Å². The van der Waals surface area contributed by atoms with Gasteiger partial charge in [0.05, 0.1) is 5.69 Å². The van der Waals surface area contributed by atoms with Crippen LogP contribution in [0.4, 0.5) is 4.39 Å². The molecule has 0 saturated heterocycles. The SMILES string of the molecule is CCn1cc(CN2CCCCCCn3c(nnc3-c3ccc(F)cc3)CC2)c(C)n1. The van der Waals surface area contributed by atoms with Crippen LogP contribution in [0.2, 0.25) is 0 Å². The summed E-state index contributed by atoms with van der Waals surface area (Å²) in [6, 6.07) is 6.56. The lowest BCUT2D eigenvalue weighted by molar-refractivity contribution is 0.260. The number of nitrogens with zero attached hydrogens (tertiary/aromatic N) is 6. The van der Waals surface area contributed by atoms with E-state index >= 15 is 0 Å². The molecule has 0 spiro atoms. The van der Waals surface area contributed by atoms with Crippen molar-refractivity contribution < 1.29 is 4.39 Å². The smallest absolute Gasteiger partial charge is 0.163 e. The molecule has 3 heterocycles. The van der Waals surface area contributed by atoms with Crippen molar-refractivity contribution in [3.63, 3.8) is 0 Å². The van der Waals surface area contributed by atoms with Crippen molar-refractivity contribution in [2.75, 3.05) is 13.1 Å². The van der Waals surface area contributed by atoms with Crippen LogP contribution in [0.3, 0.4) is 0 Å². The molecule has 1 aliphatic rings. The summed E-state index contributed by atoms with van der Waals surface area (Å²) >= 11 is 0. The van der Waals surface area contributed by atoms with Gasteiger partial charge in [0.2, 0.25) is 0 Å². The first-order chi connectivity index (χ1) is 14.6. The molecular formula is C23H31FN6. The number of hydrogen-bond donors (Lipinski definition) is 0. The molecule has 0 unspecified atom stereocenters. The molecule has 0 amide bonds. The van der Waals surface area contributed by atoms with E-state index in [9.17, 15) is 4.39 Å². The second-order valence-corrected chi connectivity index (χ2v) is 8.13. The van der Waals surface area contributed by atoms with Crippen LogP contribution in [-0.2, 0) is 26.1 Å². The topological polar surface area (TPSA) is 51.8 Å². The maximum Gasteiger partial charge on any atom is 0.163 e. The monoisotopic (exact) mass is 410 g/mol. The first kappa shape index (κ1) is 20.7. The minimum absolute atomic E-state index is 0.228. The van der Waals surface area contributed by atoms with E-state index < -0.39 is 0 Å². The average Bonchev–Trinajstić information content (AvgIpc) is 3.30. The van der Waals surface area contributed by atoms with Crippen molar-refractivity contribution in [2.24, 2.45) is 0 Å². The van der Waals surface area contributed by atoms with Gasteiger partial charge in [-0.2, -0.15) is 5.10 Å². The van der Waals surface area contributed by atoms with Crippen molar-refractivity contribution in [1.82, 2.24) is 29.4 Å². The summed E-state index contributed by atoms with van der Waals surface area (Å²) < 4.78 is 17.6. The number of hydrogen-bond acceptors (Lipinski definition) is 4. The van der Waals surface area contributed by atoms with Gasteiger partial charge in [0.15, 0.2) is 5.82 Å². The highest BCUT2D eigenvalue weighted by molar-refractivity contribution is 5.55. The molecule has 7 heteroatoms. The van der Waals surface area contributed by atoms with E-state index in [1.165, 1.54) is 37.0 Å². The number of aryl methyl sites for hydroxylation is 2. The van der Waals surface area contributed by atoms with Crippen molar-refractivity contribution in [1.29, 1.82) is 0 Å². The van der Waals surface area contributed by atoms with Gasteiger partial charge < -0.3 is 4.57 Å². The predicted octanol–water partition coefficient (Wildman–Crippen LogP) is 4.23. The molecule has 0 radical (unpaired) electrons. The fraction of sp³-hybridized carbons (Fsp3) is 0.522. The van der Waals surface area contributed by atoms with E-state index in [0.717, 1.165) is 68.5 Å². The molecule has 3 aromatic rings. The third-order valence-electron chi connectivity index (χ3n) is 5.95. The van der Waals surface area contributed by atoms with Crippen LogP contribution in [0.5, 0.6) is 0 Å². The summed E-state index contributed by atoms with van der Waals surface area (Å²) in [5.41, 5.74) is 3.35. The number of fused-ring (bicyclic) bond motifs is 1. The lowest BCUT2D eigenvalue weighted by Gasteiger charge is -2.21. The normalized spacial score (nSPS) is 16.2. The fourth-order valence-corrected chi connectivity index (χ4v) is 4.17. The van der Waals surface area contributed by atoms with Crippen molar-refractivity contribution >= 4 is 0 Å². The summed E-state index contributed by atoms with van der Waals surface area (Å²) in [7, 11) is 0. The molecule has 0 N–H and O–H groups in total. The van der Waals surface area contributed by atoms with Gasteiger partial charge in [-0.05, 0) is 57.5 Å². The van der Waals surface area contributed by atoms with Gasteiger partial charge in [0.1, 0.15) is 11.6 Å². The van der Waals surface area contributed by atoms with E-state index in [2.05, 4.69) is 44.8 Å². The molecule has 0 fully saturated rings. The van der Waals surface area contributed by atoms with Crippen LogP contribution in [0.15, 0.2) is 30.5 Å². The van der Waals surface area contributed by atoms with Crippen LogP contribution in [0, 0.1) is 12.7 Å². The van der Waals surface area contributed by atoms with Gasteiger partial charge in [-0.1, -0.05) is 12.8 Å². The first-order valence-electron chi connectivity index (χ1n) is 11.1. The van der Waals surface area contributed by atoms with Gasteiger partial charge in [-0.15, -0.1) is 10.2 Å². The van der Waals surface area contributed by atoms with E-state index in [0.29, 0.717) is 0 Å². The summed E-state index contributed by atoms with van der Waals surface area (Å²) in [5, 5.41) is 13.6. The third-order valence-corrected chi connectivity index (χ3v) is 5.95. The van der Waals surface area contributed by atoms with E-state index in [4.69, 9.17) is 0 Å². The van der Waals surface area contributed by atoms with Crippen molar-refractivity contribution in [3.05, 3.63) is 53.4 Å². The Morgan fingerprint density at radius 1 is 0.967 bits per heavy atom. The molecule has 0 atom stereocenters. The zero-order valence-corrected chi connectivity index (χ0v) is 18.0. The number of aromatic nitrogens is 5. The Kier molecular flexibility index (Phi) is 6.57. The molecule has 4 rings (SSSR count). The zero-order valence-electron chi connectivity index (χ0n) is 18.0. The molecule has 0 saturated carbocycles. The Morgan fingerprint density at radius 2 is 1.73 bits per heavy atom. The summed E-state index contributed by atoms with van der Waals surface area (Å²) in [6.07, 6.45) is 7.78. The second kappa shape index (κ2) is 9.51. The molecule has 6 nitrogen and oxygen atoms in total. The minimum atomic E-state index is -0.228. The van der Waals surface area contributed by atoms with Gasteiger partial charge in [-0.3, -0.25) is 9.58 Å². The zero-order chi connectivity index (χ0) is 20.9. The lowest BCUT2D eigenvalue weighted by Crippen LogP contribution is -2.27. The van der Waals surface area contributed by atoms with Crippen LogP contribution in [0.25, 0.3) is 11.4 Å². The van der Waals surface area contributed by atoms with Gasteiger partial charge in [-0.25, -0.2) is 4.39 Å². The van der Waals surface area contributed by atoms with Crippen molar-refractivity contribution in [2.45, 2.75) is 65.6 Å². The summed E-state index contributed by atoms with van der Waals surface area (Å²) in [5.74, 6) is 1.63. The van der Waals surface area contributed by atoms with Crippen LogP contribution in [0.1, 0.15) is 49.7 Å². The number of rotatable bonds is 4. The van der Waals surface area contributed by atoms with Crippen molar-refractivity contribution in [3.8, 4) is 11.4 Å². The first-order valence-corrected chi connectivity index (χ1v) is 11.1. The second-order valence-electron chi connectivity index (χ2n) is 8.13. The lowest BCUT2D eigenvalue weighted by atomic mass is 10.1. The molecule has 160 valence electrons. The molecule has 2 aromatic heterocycles. The van der Waals surface area contributed by atoms with E-state index in [1.54, 1.807) is 12.1 Å². The average molecular weight is 411 g/mol. The molecule has 1 aliphatic heterocycles. The predicted molar refractivity (Wildman–Crippen MR) is 116 cm³/mol. The maximum atomic E-state index is 13.4. The van der Waals surface area contributed by atoms with Gasteiger partial charge in [0, 0.05) is 49.9 Å². The highest BCUT2D eigenvalue weighted by atomic mass is 19.1. The molecule has 30 heavy (non-hydrogen) atoms. The Bertz CT molecular complexity index is 959. The quantitative estimate of drug-likeness (QED) is 0.646. The summed E-state index contributed by atoms with van der Waals surface area (Å²) in [6.45, 7) is 8.99. The van der Waals surface area contributed by atoms with Gasteiger partial charge in [0.25, 0.3) is 0 Å². The minimum Gasteiger partial charge on any atom is -0.311 e. The molecule has 0 aliphatic carbocycles. The molecule has 1 aromatic carbocycles. The Morgan fingerprint density at radius 3 is 2.47 bits per heavy atom. The highest BCUT2D eigenvalue weighted by Gasteiger charge is 2.17. The molecular weight excluding hydrogens is 379 g/mol. The third kappa shape index (κ3) is 4.78. The Labute approximate surface area is 177 Å². The van der Waals surface area contributed by atoms with Gasteiger partial charge >= 0.3 is 0 Å².